The number of benzene rings is 6. The summed E-state index contributed by atoms with van der Waals surface area (Å²) in [4.78, 5) is 16.1. The van der Waals surface area contributed by atoms with E-state index in [1.807, 2.05) is 24.3 Å². The van der Waals surface area contributed by atoms with Gasteiger partial charge in [0.2, 0.25) is 0 Å². The summed E-state index contributed by atoms with van der Waals surface area (Å²) in [7, 11) is 0. The number of fused-ring (bicyclic) bond motifs is 9. The maximum absolute atomic E-state index is 6.93. The van der Waals surface area contributed by atoms with Gasteiger partial charge < -0.3 is 4.42 Å². The molecule has 0 spiro atoms. The van der Waals surface area contributed by atoms with Gasteiger partial charge in [0.25, 0.3) is 0 Å². The lowest BCUT2D eigenvalue weighted by Crippen LogP contribution is -2.37. The van der Waals surface area contributed by atoms with Crippen LogP contribution in [0.15, 0.2) is 132 Å². The Morgan fingerprint density at radius 3 is 1.81 bits per heavy atom. The molecule has 0 unspecified atom stereocenters. The van der Waals surface area contributed by atoms with Gasteiger partial charge in [-0.25, -0.2) is 15.0 Å². The largest absolute Gasteiger partial charge is 0.455 e. The summed E-state index contributed by atoms with van der Waals surface area (Å²) in [6.07, 6.45) is 0. The first-order chi connectivity index (χ1) is 25.7. The molecule has 0 amide bonds. The summed E-state index contributed by atoms with van der Waals surface area (Å²) in [5.41, 5.74) is 14.4. The second-order valence-electron chi connectivity index (χ2n) is 16.0. The zero-order valence-corrected chi connectivity index (χ0v) is 31.0. The molecule has 0 saturated heterocycles. The molecule has 2 aliphatic carbocycles. The van der Waals surface area contributed by atoms with Gasteiger partial charge in [0, 0.05) is 32.7 Å². The molecule has 0 bridgehead atoms. The van der Waals surface area contributed by atoms with Crippen molar-refractivity contribution in [1.82, 2.24) is 15.0 Å². The minimum atomic E-state index is -0.308. The van der Waals surface area contributed by atoms with Gasteiger partial charge in [-0.1, -0.05) is 151 Å². The van der Waals surface area contributed by atoms with Crippen LogP contribution in [0.4, 0.5) is 0 Å². The van der Waals surface area contributed by atoms with Crippen molar-refractivity contribution in [1.29, 1.82) is 0 Å². The van der Waals surface area contributed by atoms with Crippen LogP contribution in [0.1, 0.15) is 63.8 Å². The third kappa shape index (κ3) is 4.32. The van der Waals surface area contributed by atoms with Crippen LogP contribution in [-0.2, 0) is 10.8 Å². The molecule has 0 aliphatic heterocycles. The van der Waals surface area contributed by atoms with Gasteiger partial charge in [0.05, 0.1) is 5.56 Å². The molecule has 258 valence electrons. The van der Waals surface area contributed by atoms with Gasteiger partial charge in [-0.2, -0.15) is 0 Å². The molecular formula is C49H41N3O. The third-order valence-electron chi connectivity index (χ3n) is 12.3. The Labute approximate surface area is 310 Å². The smallest absolute Gasteiger partial charge is 0.168 e. The van der Waals surface area contributed by atoms with Gasteiger partial charge in [0.15, 0.2) is 17.5 Å². The van der Waals surface area contributed by atoms with Crippen molar-refractivity contribution in [3.05, 3.63) is 150 Å². The summed E-state index contributed by atoms with van der Waals surface area (Å²) < 4.78 is 6.93. The molecule has 2 heterocycles. The van der Waals surface area contributed by atoms with Crippen LogP contribution in [-0.4, -0.2) is 15.0 Å². The number of rotatable bonds is 5. The van der Waals surface area contributed by atoms with E-state index < -0.39 is 0 Å². The van der Waals surface area contributed by atoms with Crippen LogP contribution in [0.25, 0.3) is 78.4 Å². The van der Waals surface area contributed by atoms with Gasteiger partial charge in [-0.05, 0) is 74.5 Å². The average Bonchev–Trinajstić information content (AvgIpc) is 3.78. The van der Waals surface area contributed by atoms with E-state index in [1.54, 1.807) is 0 Å². The van der Waals surface area contributed by atoms with E-state index in [1.165, 1.54) is 44.5 Å². The minimum absolute atomic E-state index is 0.152. The second kappa shape index (κ2) is 11.3. The zero-order chi connectivity index (χ0) is 36.2. The Morgan fingerprint density at radius 1 is 0.491 bits per heavy atom. The topological polar surface area (TPSA) is 51.8 Å². The highest BCUT2D eigenvalue weighted by Gasteiger charge is 2.50. The van der Waals surface area contributed by atoms with Crippen molar-refractivity contribution in [2.24, 2.45) is 11.8 Å². The maximum atomic E-state index is 6.93. The van der Waals surface area contributed by atoms with Crippen molar-refractivity contribution < 1.29 is 4.42 Å². The first kappa shape index (κ1) is 31.8. The normalized spacial score (nSPS) is 14.9. The highest BCUT2D eigenvalue weighted by atomic mass is 16.3. The molecule has 10 rings (SSSR count). The predicted molar refractivity (Wildman–Crippen MR) is 217 cm³/mol. The molecule has 0 fully saturated rings. The Morgan fingerprint density at radius 2 is 1.08 bits per heavy atom. The van der Waals surface area contributed by atoms with Gasteiger partial charge in [-0.15, -0.1) is 0 Å². The molecule has 0 N–H and O–H groups in total. The lowest BCUT2D eigenvalue weighted by atomic mass is 9.62. The lowest BCUT2D eigenvalue weighted by molar-refractivity contribution is 0.281. The number of aromatic nitrogens is 3. The molecule has 0 saturated carbocycles. The van der Waals surface area contributed by atoms with E-state index in [9.17, 15) is 0 Å². The van der Waals surface area contributed by atoms with E-state index in [4.69, 9.17) is 19.4 Å². The van der Waals surface area contributed by atoms with E-state index in [0.29, 0.717) is 17.5 Å². The molecule has 4 heteroatoms. The molecule has 53 heavy (non-hydrogen) atoms. The highest BCUT2D eigenvalue weighted by Crippen LogP contribution is 2.61. The molecular weight excluding hydrogens is 647 g/mol. The number of para-hydroxylation sites is 1. The number of hydrogen-bond donors (Lipinski definition) is 0. The zero-order valence-electron chi connectivity index (χ0n) is 31.0. The third-order valence-corrected chi connectivity index (χ3v) is 12.3. The van der Waals surface area contributed by atoms with Crippen molar-refractivity contribution in [2.75, 3.05) is 0 Å². The first-order valence-electron chi connectivity index (χ1n) is 18.8. The van der Waals surface area contributed by atoms with Gasteiger partial charge in [0.1, 0.15) is 11.2 Å². The monoisotopic (exact) mass is 687 g/mol. The van der Waals surface area contributed by atoms with Crippen LogP contribution < -0.4 is 0 Å². The highest BCUT2D eigenvalue weighted by molar-refractivity contribution is 6.13. The van der Waals surface area contributed by atoms with Crippen molar-refractivity contribution in [2.45, 2.75) is 52.4 Å². The molecule has 6 aromatic carbocycles. The Kier molecular flexibility index (Phi) is 6.80. The fourth-order valence-corrected chi connectivity index (χ4v) is 9.97. The minimum Gasteiger partial charge on any atom is -0.455 e. The Hall–Kier alpha value is -5.87. The van der Waals surface area contributed by atoms with Crippen LogP contribution in [0.3, 0.4) is 0 Å². The van der Waals surface area contributed by atoms with Crippen molar-refractivity contribution in [3.8, 4) is 56.4 Å². The van der Waals surface area contributed by atoms with Crippen LogP contribution in [0, 0.1) is 11.8 Å². The van der Waals surface area contributed by atoms with E-state index in [0.717, 1.165) is 38.6 Å². The van der Waals surface area contributed by atoms with Crippen molar-refractivity contribution >= 4 is 21.9 Å². The molecule has 0 atom stereocenters. The van der Waals surface area contributed by atoms with Gasteiger partial charge >= 0.3 is 0 Å². The summed E-state index contributed by atoms with van der Waals surface area (Å²) in [6, 6.07) is 45.5. The van der Waals surface area contributed by atoms with Gasteiger partial charge in [-0.3, -0.25) is 0 Å². The fourth-order valence-electron chi connectivity index (χ4n) is 9.97. The second-order valence-corrected chi connectivity index (χ2v) is 16.0. The lowest BCUT2D eigenvalue weighted by Gasteiger charge is -2.41. The fraction of sp³-hybridized carbons (Fsp3) is 0.204. The molecule has 8 aromatic rings. The number of hydrogen-bond acceptors (Lipinski definition) is 4. The molecule has 2 aliphatic rings. The average molecular weight is 688 g/mol. The Bertz CT molecular complexity index is 2760. The van der Waals surface area contributed by atoms with E-state index in [2.05, 4.69) is 145 Å². The van der Waals surface area contributed by atoms with Crippen LogP contribution in [0.5, 0.6) is 0 Å². The van der Waals surface area contributed by atoms with E-state index >= 15 is 0 Å². The summed E-state index contributed by atoms with van der Waals surface area (Å²) in [6.45, 7) is 14.1. The summed E-state index contributed by atoms with van der Waals surface area (Å²) >= 11 is 0. The maximum Gasteiger partial charge on any atom is 0.168 e. The quantitative estimate of drug-likeness (QED) is 0.181. The predicted octanol–water partition coefficient (Wildman–Crippen LogP) is 12.7. The van der Waals surface area contributed by atoms with Crippen LogP contribution >= 0.6 is 0 Å². The van der Waals surface area contributed by atoms with Crippen molar-refractivity contribution in [3.63, 3.8) is 0 Å². The Balaban J connectivity index is 1.32. The SMILES string of the molecule is CC(C)C1(C(C)C)c2ccccc2-c2cc3c(oc4ccccc43)c(-c3nc(-c4ccccc4)nc(-c4ccc5c(c4)C(C)(C)c4ccccc4-5)n3)c21. The number of nitrogens with zero attached hydrogens (tertiary/aromatic N) is 3. The number of furan rings is 1. The molecule has 0 radical (unpaired) electrons. The standard InChI is InChI=1S/C49H41N3O/c1-28(2)49(29(3)4)39-22-14-11-19-33(39)36-27-37-35-20-12-15-23-41(35)53-44(37)42(43(36)49)47-51-45(30-16-8-7-9-17-30)50-46(52-47)31-24-25-34-32-18-10-13-21-38(32)48(5,6)40(34)26-31/h7-29H,1-6H3. The molecule has 4 nitrogen and oxygen atoms in total. The summed E-state index contributed by atoms with van der Waals surface area (Å²) in [5, 5.41) is 2.17. The van der Waals surface area contributed by atoms with E-state index in [-0.39, 0.29) is 22.7 Å². The first-order valence-corrected chi connectivity index (χ1v) is 18.8. The summed E-state index contributed by atoms with van der Waals surface area (Å²) in [5.74, 6) is 2.49. The van der Waals surface area contributed by atoms with Crippen LogP contribution in [0.2, 0.25) is 0 Å². The molecule has 2 aromatic heterocycles.